The number of hydrogen-bond acceptors (Lipinski definition) is 4. The van der Waals surface area contributed by atoms with E-state index in [1.807, 2.05) is 48.5 Å². The molecule has 0 fully saturated rings. The average Bonchev–Trinajstić information content (AvgIpc) is 3.87. The summed E-state index contributed by atoms with van der Waals surface area (Å²) >= 11 is 0. The first kappa shape index (κ1) is 27.9. The van der Waals surface area contributed by atoms with Gasteiger partial charge in [0.05, 0.1) is 22.4 Å². The third-order valence-electron chi connectivity index (χ3n) is 10.0. The van der Waals surface area contributed by atoms with Crippen molar-refractivity contribution >= 4 is 65.7 Å². The molecule has 4 aromatic heterocycles. The highest BCUT2D eigenvalue weighted by Gasteiger charge is 2.16. The number of rotatable bonds is 4. The number of hydrogen-bond donors (Lipinski definition) is 0. The molecule has 0 saturated carbocycles. The van der Waals surface area contributed by atoms with Gasteiger partial charge in [-0.05, 0) is 91.0 Å². The predicted molar refractivity (Wildman–Crippen MR) is 207 cm³/mol. The lowest BCUT2D eigenvalue weighted by Crippen LogP contribution is -1.97. The van der Waals surface area contributed by atoms with Crippen molar-refractivity contribution in [3.63, 3.8) is 0 Å². The minimum Gasteiger partial charge on any atom is -0.456 e. The van der Waals surface area contributed by atoms with Crippen molar-refractivity contribution in [2.24, 2.45) is 0 Å². The molecule has 0 spiro atoms. The summed E-state index contributed by atoms with van der Waals surface area (Å²) in [7, 11) is 0. The number of para-hydroxylation sites is 4. The fourth-order valence-corrected chi connectivity index (χ4v) is 7.60. The first-order valence-corrected chi connectivity index (χ1v) is 17.1. The SMILES string of the molecule is c1ccc2c(c1)oc1ccc(-c3cc(-c4ccc5oc6ccccc6c5c4)nc(-c4ccc(-n5c6ccccc6c6ccccc65)cc4)n3)cc12. The van der Waals surface area contributed by atoms with Gasteiger partial charge in [0.1, 0.15) is 22.3 Å². The summed E-state index contributed by atoms with van der Waals surface area (Å²) in [5, 5.41) is 6.77. The smallest absolute Gasteiger partial charge is 0.160 e. The molecule has 0 bridgehead atoms. The van der Waals surface area contributed by atoms with E-state index in [0.29, 0.717) is 5.82 Å². The number of furan rings is 2. The molecule has 11 rings (SSSR count). The van der Waals surface area contributed by atoms with Crippen LogP contribution in [0.4, 0.5) is 0 Å². The third kappa shape index (κ3) is 4.35. The first-order chi connectivity index (χ1) is 25.2. The number of benzene rings is 7. The summed E-state index contributed by atoms with van der Waals surface area (Å²) in [6, 6.07) is 56.7. The van der Waals surface area contributed by atoms with Crippen molar-refractivity contribution in [2.75, 3.05) is 0 Å². The molecular formula is C46H27N3O2. The van der Waals surface area contributed by atoms with E-state index in [0.717, 1.165) is 77.6 Å². The summed E-state index contributed by atoms with van der Waals surface area (Å²) in [6.45, 7) is 0. The zero-order valence-corrected chi connectivity index (χ0v) is 27.2. The van der Waals surface area contributed by atoms with E-state index in [1.165, 1.54) is 21.8 Å². The molecule has 238 valence electrons. The van der Waals surface area contributed by atoms with Crippen LogP contribution in [0.5, 0.6) is 0 Å². The number of fused-ring (bicyclic) bond motifs is 9. The van der Waals surface area contributed by atoms with E-state index in [4.69, 9.17) is 18.8 Å². The van der Waals surface area contributed by atoms with Gasteiger partial charge in [0.2, 0.25) is 0 Å². The second-order valence-corrected chi connectivity index (χ2v) is 13.0. The largest absolute Gasteiger partial charge is 0.456 e. The van der Waals surface area contributed by atoms with E-state index in [9.17, 15) is 0 Å². The Kier molecular flexibility index (Phi) is 5.89. The average molecular weight is 654 g/mol. The van der Waals surface area contributed by atoms with Crippen LogP contribution < -0.4 is 0 Å². The maximum Gasteiger partial charge on any atom is 0.160 e. The van der Waals surface area contributed by atoms with E-state index in [2.05, 4.69) is 120 Å². The molecule has 5 nitrogen and oxygen atoms in total. The Morgan fingerprint density at radius 2 is 0.784 bits per heavy atom. The summed E-state index contributed by atoms with van der Waals surface area (Å²) in [5.74, 6) is 0.658. The van der Waals surface area contributed by atoms with E-state index in [1.54, 1.807) is 0 Å². The Bertz CT molecular complexity index is 2960. The van der Waals surface area contributed by atoms with Gasteiger partial charge in [-0.25, -0.2) is 9.97 Å². The van der Waals surface area contributed by atoms with Gasteiger partial charge in [0.15, 0.2) is 5.82 Å². The van der Waals surface area contributed by atoms with Crippen LogP contribution in [0.1, 0.15) is 0 Å². The molecule has 11 aromatic rings. The first-order valence-electron chi connectivity index (χ1n) is 17.1. The lowest BCUT2D eigenvalue weighted by Gasteiger charge is -2.11. The maximum atomic E-state index is 6.15. The zero-order chi connectivity index (χ0) is 33.5. The molecule has 0 amide bonds. The molecule has 0 saturated heterocycles. The zero-order valence-electron chi connectivity index (χ0n) is 27.2. The Labute approximate surface area is 291 Å². The van der Waals surface area contributed by atoms with Crippen molar-refractivity contribution in [2.45, 2.75) is 0 Å². The molecule has 0 unspecified atom stereocenters. The minimum atomic E-state index is 0.658. The standard InChI is InChI=1S/C46H27N3O2/c1-5-13-40-32(9-1)33-10-2-6-14-41(33)49(40)31-21-17-28(18-22-31)46-47-38(29-19-23-44-36(25-29)34-11-3-7-15-42(34)50-44)27-39(48-46)30-20-24-45-37(26-30)35-12-4-8-16-43(35)51-45/h1-27H. The van der Waals surface area contributed by atoms with Gasteiger partial charge in [-0.1, -0.05) is 72.8 Å². The summed E-state index contributed by atoms with van der Waals surface area (Å²) in [5.41, 5.74) is 11.5. The van der Waals surface area contributed by atoms with Crippen molar-refractivity contribution in [1.29, 1.82) is 0 Å². The van der Waals surface area contributed by atoms with Crippen LogP contribution >= 0.6 is 0 Å². The van der Waals surface area contributed by atoms with Gasteiger partial charge in [-0.3, -0.25) is 0 Å². The fourth-order valence-electron chi connectivity index (χ4n) is 7.60. The van der Waals surface area contributed by atoms with Gasteiger partial charge >= 0.3 is 0 Å². The Balaban J connectivity index is 1.09. The highest BCUT2D eigenvalue weighted by molar-refractivity contribution is 6.10. The summed E-state index contributed by atoms with van der Waals surface area (Å²) < 4.78 is 14.6. The van der Waals surface area contributed by atoms with Crippen LogP contribution in [0, 0.1) is 0 Å². The molecule has 7 aromatic carbocycles. The van der Waals surface area contributed by atoms with Crippen molar-refractivity contribution in [1.82, 2.24) is 14.5 Å². The highest BCUT2D eigenvalue weighted by atomic mass is 16.3. The lowest BCUT2D eigenvalue weighted by atomic mass is 10.0. The fraction of sp³-hybridized carbons (Fsp3) is 0. The monoisotopic (exact) mass is 653 g/mol. The Morgan fingerprint density at radius 3 is 1.31 bits per heavy atom. The molecule has 5 heteroatoms. The van der Waals surface area contributed by atoms with Gasteiger partial charge in [0, 0.05) is 54.7 Å². The van der Waals surface area contributed by atoms with Crippen LogP contribution in [0.3, 0.4) is 0 Å². The topological polar surface area (TPSA) is 57.0 Å². The van der Waals surface area contributed by atoms with E-state index < -0.39 is 0 Å². The van der Waals surface area contributed by atoms with Gasteiger partial charge in [-0.2, -0.15) is 0 Å². The molecule has 4 heterocycles. The second-order valence-electron chi connectivity index (χ2n) is 13.0. The normalized spacial score (nSPS) is 11.9. The maximum absolute atomic E-state index is 6.15. The predicted octanol–water partition coefficient (Wildman–Crippen LogP) is 12.4. The van der Waals surface area contributed by atoms with Crippen molar-refractivity contribution in [3.8, 4) is 39.6 Å². The van der Waals surface area contributed by atoms with Crippen LogP contribution in [-0.4, -0.2) is 14.5 Å². The van der Waals surface area contributed by atoms with Crippen LogP contribution in [0.25, 0.3) is 105 Å². The van der Waals surface area contributed by atoms with Crippen molar-refractivity contribution < 1.29 is 8.83 Å². The van der Waals surface area contributed by atoms with Gasteiger partial charge in [0.25, 0.3) is 0 Å². The number of nitrogens with zero attached hydrogens (tertiary/aromatic N) is 3. The van der Waals surface area contributed by atoms with Crippen LogP contribution in [0.15, 0.2) is 173 Å². The summed E-state index contributed by atoms with van der Waals surface area (Å²) in [4.78, 5) is 10.4. The molecule has 0 aliphatic heterocycles. The van der Waals surface area contributed by atoms with Crippen LogP contribution in [0.2, 0.25) is 0 Å². The van der Waals surface area contributed by atoms with Gasteiger partial charge in [-0.15, -0.1) is 0 Å². The highest BCUT2D eigenvalue weighted by Crippen LogP contribution is 2.37. The lowest BCUT2D eigenvalue weighted by molar-refractivity contribution is 0.668. The second kappa shape index (κ2) is 10.8. The Hall–Kier alpha value is -6.98. The molecule has 0 radical (unpaired) electrons. The Morgan fingerprint density at radius 1 is 0.353 bits per heavy atom. The van der Waals surface area contributed by atoms with Gasteiger partial charge < -0.3 is 13.4 Å². The molecular weight excluding hydrogens is 627 g/mol. The van der Waals surface area contributed by atoms with Crippen molar-refractivity contribution in [3.05, 3.63) is 164 Å². The van der Waals surface area contributed by atoms with Crippen LogP contribution in [-0.2, 0) is 0 Å². The van der Waals surface area contributed by atoms with E-state index >= 15 is 0 Å². The molecule has 0 aliphatic carbocycles. The quantitative estimate of drug-likeness (QED) is 0.190. The molecule has 0 atom stereocenters. The molecule has 0 N–H and O–H groups in total. The third-order valence-corrected chi connectivity index (χ3v) is 10.0. The molecule has 51 heavy (non-hydrogen) atoms. The van der Waals surface area contributed by atoms with E-state index in [-0.39, 0.29) is 0 Å². The summed E-state index contributed by atoms with van der Waals surface area (Å²) in [6.07, 6.45) is 0. The number of aromatic nitrogens is 3. The minimum absolute atomic E-state index is 0.658. The molecule has 0 aliphatic rings.